The number of fused-ring (bicyclic) bond motifs is 1. The van der Waals surface area contributed by atoms with Gasteiger partial charge in [0.25, 0.3) is 5.91 Å². The summed E-state index contributed by atoms with van der Waals surface area (Å²) in [6, 6.07) is 18.5. The van der Waals surface area contributed by atoms with Gasteiger partial charge in [-0.25, -0.2) is 4.79 Å². The number of nitrogens with one attached hydrogen (secondary N) is 3. The lowest BCUT2D eigenvalue weighted by Gasteiger charge is -2.06. The van der Waals surface area contributed by atoms with Crippen LogP contribution in [0.1, 0.15) is 10.4 Å². The van der Waals surface area contributed by atoms with Crippen LogP contribution in [0.4, 0.5) is 5.69 Å². The smallest absolute Gasteiger partial charge is 0.322 e. The number of aromatic nitrogens is 3. The maximum absolute atomic E-state index is 12.4. The summed E-state index contributed by atoms with van der Waals surface area (Å²) in [4.78, 5) is 33.3. The molecule has 4 rings (SSSR count). The standard InChI is InChI=1S/C19H14N4O2/c24-18(21-14-7-9-16-17(10-14)23-19(25)22-16)13-6-8-15(20-11-13)12-4-2-1-3-5-12/h1-11H,(H,21,24)(H2,22,23,25). The van der Waals surface area contributed by atoms with Gasteiger partial charge in [-0.05, 0) is 30.3 Å². The second-order valence-corrected chi connectivity index (χ2v) is 5.59. The molecule has 0 aliphatic rings. The van der Waals surface area contributed by atoms with Gasteiger partial charge in [0.1, 0.15) is 0 Å². The SMILES string of the molecule is O=C(Nc1ccc2[nH]c(=O)[nH]c2c1)c1ccc(-c2ccccc2)nc1. The Bertz CT molecular complexity index is 1100. The summed E-state index contributed by atoms with van der Waals surface area (Å²) in [7, 11) is 0. The van der Waals surface area contributed by atoms with Crippen LogP contribution >= 0.6 is 0 Å². The van der Waals surface area contributed by atoms with E-state index in [-0.39, 0.29) is 11.6 Å². The molecule has 3 N–H and O–H groups in total. The monoisotopic (exact) mass is 330 g/mol. The normalized spacial score (nSPS) is 10.7. The summed E-state index contributed by atoms with van der Waals surface area (Å²) >= 11 is 0. The molecule has 2 heterocycles. The highest BCUT2D eigenvalue weighted by Crippen LogP contribution is 2.18. The minimum atomic E-state index is -0.279. The number of carbonyl (C=O) groups is 1. The van der Waals surface area contributed by atoms with E-state index in [9.17, 15) is 9.59 Å². The van der Waals surface area contributed by atoms with Gasteiger partial charge in [0, 0.05) is 17.4 Å². The number of amides is 1. The fourth-order valence-corrected chi connectivity index (χ4v) is 2.62. The van der Waals surface area contributed by atoms with Crippen LogP contribution in [0.15, 0.2) is 71.7 Å². The Labute approximate surface area is 142 Å². The molecule has 0 saturated carbocycles. The van der Waals surface area contributed by atoms with Crippen molar-refractivity contribution >= 4 is 22.6 Å². The highest BCUT2D eigenvalue weighted by atomic mass is 16.2. The Hall–Kier alpha value is -3.67. The number of benzene rings is 2. The maximum atomic E-state index is 12.4. The maximum Gasteiger partial charge on any atom is 0.323 e. The molecule has 25 heavy (non-hydrogen) atoms. The van der Waals surface area contributed by atoms with Crippen molar-refractivity contribution in [2.75, 3.05) is 5.32 Å². The minimum absolute atomic E-state index is 0.260. The first-order chi connectivity index (χ1) is 12.2. The van der Waals surface area contributed by atoms with E-state index in [1.807, 2.05) is 36.4 Å². The summed E-state index contributed by atoms with van der Waals surface area (Å²) < 4.78 is 0. The van der Waals surface area contributed by atoms with Gasteiger partial charge in [0.15, 0.2) is 0 Å². The molecule has 0 radical (unpaired) electrons. The van der Waals surface area contributed by atoms with Gasteiger partial charge in [-0.15, -0.1) is 0 Å². The Kier molecular flexibility index (Phi) is 3.63. The number of aromatic amines is 2. The van der Waals surface area contributed by atoms with Crippen molar-refractivity contribution in [3.63, 3.8) is 0 Å². The van der Waals surface area contributed by atoms with Crippen LogP contribution in [0.3, 0.4) is 0 Å². The van der Waals surface area contributed by atoms with Gasteiger partial charge in [-0.1, -0.05) is 30.3 Å². The van der Waals surface area contributed by atoms with Crippen molar-refractivity contribution in [1.82, 2.24) is 15.0 Å². The number of carbonyl (C=O) groups excluding carboxylic acids is 1. The quantitative estimate of drug-likeness (QED) is 0.539. The van der Waals surface area contributed by atoms with Crippen LogP contribution in [-0.2, 0) is 0 Å². The summed E-state index contributed by atoms with van der Waals surface area (Å²) in [5.74, 6) is -0.260. The molecule has 122 valence electrons. The third-order valence-corrected chi connectivity index (χ3v) is 3.87. The molecule has 0 fully saturated rings. The molecule has 2 aromatic carbocycles. The number of rotatable bonds is 3. The Morgan fingerprint density at radius 1 is 0.920 bits per heavy atom. The van der Waals surface area contributed by atoms with Crippen LogP contribution in [0.2, 0.25) is 0 Å². The number of imidazole rings is 1. The largest absolute Gasteiger partial charge is 0.323 e. The zero-order valence-electron chi connectivity index (χ0n) is 13.1. The van der Waals surface area contributed by atoms with Crippen molar-refractivity contribution < 1.29 is 4.79 Å². The topological polar surface area (TPSA) is 90.6 Å². The molecule has 1 amide bonds. The van der Waals surface area contributed by atoms with Crippen molar-refractivity contribution in [3.8, 4) is 11.3 Å². The van der Waals surface area contributed by atoms with Crippen LogP contribution in [0, 0.1) is 0 Å². The van der Waals surface area contributed by atoms with Crippen LogP contribution in [-0.4, -0.2) is 20.9 Å². The first-order valence-electron chi connectivity index (χ1n) is 7.74. The summed E-state index contributed by atoms with van der Waals surface area (Å²) in [6.45, 7) is 0. The molecule has 0 saturated heterocycles. The van der Waals surface area contributed by atoms with E-state index in [2.05, 4.69) is 20.3 Å². The van der Waals surface area contributed by atoms with Crippen LogP contribution in [0.25, 0.3) is 22.3 Å². The zero-order valence-corrected chi connectivity index (χ0v) is 13.1. The van der Waals surface area contributed by atoms with Crippen molar-refractivity contribution in [1.29, 1.82) is 0 Å². The van der Waals surface area contributed by atoms with Gasteiger partial charge in [0.2, 0.25) is 0 Å². The lowest BCUT2D eigenvalue weighted by atomic mass is 10.1. The van der Waals surface area contributed by atoms with Crippen LogP contribution < -0.4 is 11.0 Å². The lowest BCUT2D eigenvalue weighted by molar-refractivity contribution is 0.102. The lowest BCUT2D eigenvalue weighted by Crippen LogP contribution is -2.12. The third-order valence-electron chi connectivity index (χ3n) is 3.87. The van der Waals surface area contributed by atoms with E-state index in [1.165, 1.54) is 0 Å². The number of anilines is 1. The molecule has 0 aliphatic carbocycles. The van der Waals surface area contributed by atoms with Gasteiger partial charge in [0.05, 0.1) is 22.3 Å². The third kappa shape index (κ3) is 3.05. The van der Waals surface area contributed by atoms with Crippen LogP contribution in [0.5, 0.6) is 0 Å². The molecule has 0 bridgehead atoms. The molecular formula is C19H14N4O2. The van der Waals surface area contributed by atoms with E-state index in [0.717, 1.165) is 11.3 Å². The summed E-state index contributed by atoms with van der Waals surface area (Å²) in [5.41, 5.74) is 3.92. The highest BCUT2D eigenvalue weighted by Gasteiger charge is 2.08. The first-order valence-corrected chi connectivity index (χ1v) is 7.74. The molecule has 6 nitrogen and oxygen atoms in total. The van der Waals surface area contributed by atoms with Crippen molar-refractivity contribution in [2.45, 2.75) is 0 Å². The number of H-pyrrole nitrogens is 2. The minimum Gasteiger partial charge on any atom is -0.322 e. The molecule has 0 unspecified atom stereocenters. The highest BCUT2D eigenvalue weighted by molar-refractivity contribution is 6.04. The van der Waals surface area contributed by atoms with E-state index in [0.29, 0.717) is 22.3 Å². The van der Waals surface area contributed by atoms with E-state index >= 15 is 0 Å². The number of nitrogens with zero attached hydrogens (tertiary/aromatic N) is 1. The average Bonchev–Trinajstić information content (AvgIpc) is 3.02. The predicted molar refractivity (Wildman–Crippen MR) is 96.5 cm³/mol. The van der Waals surface area contributed by atoms with E-state index in [4.69, 9.17) is 0 Å². The Balaban J connectivity index is 1.54. The van der Waals surface area contributed by atoms with Gasteiger partial charge in [-0.3, -0.25) is 9.78 Å². The van der Waals surface area contributed by atoms with Gasteiger partial charge < -0.3 is 15.3 Å². The average molecular weight is 330 g/mol. The predicted octanol–water partition coefficient (Wildman–Crippen LogP) is 3.17. The second kappa shape index (κ2) is 6.09. The molecule has 4 aromatic rings. The molecule has 6 heteroatoms. The van der Waals surface area contributed by atoms with Gasteiger partial charge >= 0.3 is 5.69 Å². The zero-order chi connectivity index (χ0) is 17.2. The van der Waals surface area contributed by atoms with E-state index < -0.39 is 0 Å². The molecule has 2 aromatic heterocycles. The number of hydrogen-bond acceptors (Lipinski definition) is 3. The first kappa shape index (κ1) is 14.9. The summed E-state index contributed by atoms with van der Waals surface area (Å²) in [6.07, 6.45) is 1.55. The van der Waals surface area contributed by atoms with Crippen molar-refractivity contribution in [3.05, 3.63) is 82.9 Å². The van der Waals surface area contributed by atoms with Crippen molar-refractivity contribution in [2.24, 2.45) is 0 Å². The Morgan fingerprint density at radius 3 is 2.48 bits per heavy atom. The molecule has 0 atom stereocenters. The number of pyridine rings is 1. The molecular weight excluding hydrogens is 316 g/mol. The Morgan fingerprint density at radius 2 is 1.72 bits per heavy atom. The fourth-order valence-electron chi connectivity index (χ4n) is 2.62. The second-order valence-electron chi connectivity index (χ2n) is 5.59. The van der Waals surface area contributed by atoms with E-state index in [1.54, 1.807) is 30.5 Å². The fraction of sp³-hybridized carbons (Fsp3) is 0. The molecule has 0 aliphatic heterocycles. The number of hydrogen-bond donors (Lipinski definition) is 3. The molecule has 0 spiro atoms. The van der Waals surface area contributed by atoms with Gasteiger partial charge in [-0.2, -0.15) is 0 Å². The summed E-state index contributed by atoms with van der Waals surface area (Å²) in [5, 5.41) is 2.80.